The second kappa shape index (κ2) is 8.66. The average molecular weight is 243 g/mol. The topological polar surface area (TPSA) is 140 Å². The van der Waals surface area contributed by atoms with Gasteiger partial charge in [0.2, 0.25) is 0 Å². The van der Waals surface area contributed by atoms with Gasteiger partial charge in [0.1, 0.15) is 11.7 Å². The van der Waals surface area contributed by atoms with Crippen molar-refractivity contribution in [1.29, 1.82) is 10.8 Å². The predicted octanol–water partition coefficient (Wildman–Crippen LogP) is -0.195. The highest BCUT2D eigenvalue weighted by Gasteiger charge is 2.12. The smallest absolute Gasteiger partial charge is 0.303 e. The molecule has 7 heteroatoms. The first kappa shape index (κ1) is 15.5. The summed E-state index contributed by atoms with van der Waals surface area (Å²) in [6.45, 7) is 0.626. The van der Waals surface area contributed by atoms with Crippen LogP contribution in [0.2, 0.25) is 0 Å². The Bertz CT molecular complexity index is 264. The summed E-state index contributed by atoms with van der Waals surface area (Å²) < 4.78 is 0. The lowest BCUT2D eigenvalue weighted by Gasteiger charge is -2.24. The third-order valence-electron chi connectivity index (χ3n) is 2.31. The number of carboxylic acids is 1. The average Bonchev–Trinajstić information content (AvgIpc) is 2.31. The Hall–Kier alpha value is -1.47. The molecule has 0 aliphatic rings. The van der Waals surface area contributed by atoms with Crippen LogP contribution < -0.4 is 11.5 Å². The number of carbonyl (C=O) groups is 1. The summed E-state index contributed by atoms with van der Waals surface area (Å²) in [5.41, 5.74) is 10.7. The zero-order valence-corrected chi connectivity index (χ0v) is 9.91. The third kappa shape index (κ3) is 6.64. The molecule has 17 heavy (non-hydrogen) atoms. The number of nitrogens with two attached hydrogens (primary N) is 2. The Morgan fingerprint density at radius 1 is 1.06 bits per heavy atom. The van der Waals surface area contributed by atoms with Crippen molar-refractivity contribution in [1.82, 2.24) is 4.90 Å². The maximum atomic E-state index is 10.3. The molecule has 0 aromatic rings. The fraction of sp³-hybridized carbons (Fsp3) is 0.700. The maximum absolute atomic E-state index is 10.3. The summed E-state index contributed by atoms with van der Waals surface area (Å²) in [4.78, 5) is 11.8. The van der Waals surface area contributed by atoms with E-state index in [4.69, 9.17) is 27.4 Å². The van der Waals surface area contributed by atoms with E-state index in [1.807, 2.05) is 0 Å². The van der Waals surface area contributed by atoms with E-state index in [-0.39, 0.29) is 31.2 Å². The van der Waals surface area contributed by atoms with E-state index in [1.54, 1.807) is 0 Å². The SMILES string of the molecule is N=C(CN)N(CCCCCC(=O)O)C(=N)CN. The largest absolute Gasteiger partial charge is 0.481 e. The van der Waals surface area contributed by atoms with Crippen molar-refractivity contribution < 1.29 is 9.90 Å². The highest BCUT2D eigenvalue weighted by molar-refractivity contribution is 5.99. The Morgan fingerprint density at radius 2 is 1.59 bits per heavy atom. The minimum absolute atomic E-state index is 0.0670. The van der Waals surface area contributed by atoms with Crippen LogP contribution in [-0.2, 0) is 4.79 Å². The van der Waals surface area contributed by atoms with Crippen LogP contribution in [0.25, 0.3) is 0 Å². The molecule has 0 aromatic carbocycles. The molecule has 0 aliphatic carbocycles. The molecule has 7 nitrogen and oxygen atoms in total. The number of nitrogens with zero attached hydrogens (tertiary/aromatic N) is 1. The van der Waals surface area contributed by atoms with Crippen molar-refractivity contribution in [2.24, 2.45) is 11.5 Å². The van der Waals surface area contributed by atoms with Crippen LogP contribution in [0, 0.1) is 10.8 Å². The van der Waals surface area contributed by atoms with E-state index in [0.717, 1.165) is 12.8 Å². The Kier molecular flexibility index (Phi) is 7.91. The monoisotopic (exact) mass is 243 g/mol. The predicted molar refractivity (Wildman–Crippen MR) is 66.4 cm³/mol. The molecule has 7 N–H and O–H groups in total. The Labute approximate surface area is 101 Å². The molecule has 0 fully saturated rings. The Balaban J connectivity index is 3.97. The van der Waals surface area contributed by atoms with Gasteiger partial charge in [0.05, 0.1) is 13.1 Å². The quantitative estimate of drug-likeness (QED) is 0.228. The highest BCUT2D eigenvalue weighted by atomic mass is 16.4. The molecule has 98 valence electrons. The van der Waals surface area contributed by atoms with Crippen LogP contribution in [0.4, 0.5) is 0 Å². The molecule has 0 aromatic heterocycles. The molecule has 0 unspecified atom stereocenters. The van der Waals surface area contributed by atoms with E-state index in [9.17, 15) is 4.79 Å². The van der Waals surface area contributed by atoms with Crippen LogP contribution in [-0.4, -0.2) is 47.3 Å². The van der Waals surface area contributed by atoms with Crippen LogP contribution >= 0.6 is 0 Å². The fourth-order valence-electron chi connectivity index (χ4n) is 1.38. The van der Waals surface area contributed by atoms with Gasteiger partial charge in [-0.2, -0.15) is 0 Å². The van der Waals surface area contributed by atoms with Crippen LogP contribution in [0.1, 0.15) is 25.7 Å². The first-order valence-corrected chi connectivity index (χ1v) is 5.57. The maximum Gasteiger partial charge on any atom is 0.303 e. The molecular formula is C10H21N5O2. The lowest BCUT2D eigenvalue weighted by molar-refractivity contribution is -0.137. The summed E-state index contributed by atoms with van der Waals surface area (Å²) in [6, 6.07) is 0. The van der Waals surface area contributed by atoms with Gasteiger partial charge >= 0.3 is 5.97 Å². The Morgan fingerprint density at radius 3 is 2.00 bits per heavy atom. The minimum atomic E-state index is -0.800. The number of nitrogens with one attached hydrogen (secondary N) is 2. The number of amidine groups is 2. The van der Waals surface area contributed by atoms with Gasteiger partial charge in [-0.15, -0.1) is 0 Å². The van der Waals surface area contributed by atoms with Crippen molar-refractivity contribution in [2.75, 3.05) is 19.6 Å². The summed E-state index contributed by atoms with van der Waals surface area (Å²) in [5.74, 6) is -0.469. The second-order valence-corrected chi connectivity index (χ2v) is 3.66. The first-order chi connectivity index (χ1) is 8.02. The lowest BCUT2D eigenvalue weighted by Crippen LogP contribution is -2.43. The van der Waals surface area contributed by atoms with Crippen LogP contribution in [0.15, 0.2) is 0 Å². The van der Waals surface area contributed by atoms with E-state index in [2.05, 4.69) is 0 Å². The van der Waals surface area contributed by atoms with Crippen molar-refractivity contribution in [3.05, 3.63) is 0 Å². The zero-order valence-electron chi connectivity index (χ0n) is 9.91. The number of aliphatic carboxylic acids is 1. The normalized spacial score (nSPS) is 10.0. The van der Waals surface area contributed by atoms with E-state index < -0.39 is 5.97 Å². The zero-order chi connectivity index (χ0) is 13.3. The van der Waals surface area contributed by atoms with Crippen molar-refractivity contribution >= 4 is 17.6 Å². The summed E-state index contributed by atoms with van der Waals surface area (Å²) in [7, 11) is 0. The van der Waals surface area contributed by atoms with Gasteiger partial charge in [0, 0.05) is 13.0 Å². The molecule has 0 amide bonds. The van der Waals surface area contributed by atoms with E-state index in [1.165, 1.54) is 4.90 Å². The molecule has 0 saturated carbocycles. The molecule has 0 atom stereocenters. The molecule has 0 spiro atoms. The number of rotatable bonds is 8. The highest BCUT2D eigenvalue weighted by Crippen LogP contribution is 2.03. The van der Waals surface area contributed by atoms with Gasteiger partial charge in [-0.3, -0.25) is 15.6 Å². The van der Waals surface area contributed by atoms with Crippen LogP contribution in [0.5, 0.6) is 0 Å². The molecule has 0 radical (unpaired) electrons. The van der Waals surface area contributed by atoms with Gasteiger partial charge in [-0.25, -0.2) is 0 Å². The van der Waals surface area contributed by atoms with Crippen molar-refractivity contribution in [3.8, 4) is 0 Å². The van der Waals surface area contributed by atoms with Gasteiger partial charge < -0.3 is 21.5 Å². The van der Waals surface area contributed by atoms with Gasteiger partial charge in [0.15, 0.2) is 0 Å². The summed E-state index contributed by atoms with van der Waals surface area (Å²) in [6.07, 6.45) is 2.23. The molecule has 0 aliphatic heterocycles. The second-order valence-electron chi connectivity index (χ2n) is 3.66. The molecular weight excluding hydrogens is 222 g/mol. The van der Waals surface area contributed by atoms with Crippen LogP contribution in [0.3, 0.4) is 0 Å². The minimum Gasteiger partial charge on any atom is -0.481 e. The summed E-state index contributed by atoms with van der Waals surface area (Å²) in [5, 5.41) is 23.6. The number of unbranched alkanes of at least 4 members (excludes halogenated alkanes) is 2. The van der Waals surface area contributed by atoms with Gasteiger partial charge in [-0.05, 0) is 12.8 Å². The number of carboxylic acid groups (broad SMARTS) is 1. The van der Waals surface area contributed by atoms with Gasteiger partial charge in [-0.1, -0.05) is 6.42 Å². The molecule has 0 heterocycles. The fourth-order valence-corrected chi connectivity index (χ4v) is 1.38. The molecule has 0 saturated heterocycles. The molecule has 0 bridgehead atoms. The standard InChI is InChI=1S/C10H21N5O2/c11-6-8(13)15(9(14)7-12)5-3-1-2-4-10(16)17/h13-14H,1-7,11-12H2,(H,16,17). The number of hydrogen-bond donors (Lipinski definition) is 5. The van der Waals surface area contributed by atoms with E-state index in [0.29, 0.717) is 13.0 Å². The van der Waals surface area contributed by atoms with Gasteiger partial charge in [0.25, 0.3) is 0 Å². The summed E-state index contributed by atoms with van der Waals surface area (Å²) >= 11 is 0. The third-order valence-corrected chi connectivity index (χ3v) is 2.31. The molecule has 0 rings (SSSR count). The van der Waals surface area contributed by atoms with E-state index >= 15 is 0 Å². The first-order valence-electron chi connectivity index (χ1n) is 5.57. The number of hydrogen-bond acceptors (Lipinski definition) is 5. The van der Waals surface area contributed by atoms with Crippen molar-refractivity contribution in [3.63, 3.8) is 0 Å². The lowest BCUT2D eigenvalue weighted by atomic mass is 10.2. The van der Waals surface area contributed by atoms with Crippen molar-refractivity contribution in [2.45, 2.75) is 25.7 Å².